The molecule has 1 atom stereocenters. The van der Waals surface area contributed by atoms with Gasteiger partial charge in [0, 0.05) is 10.5 Å². The molecule has 1 N–H and O–H groups in total. The molecule has 0 aliphatic heterocycles. The van der Waals surface area contributed by atoms with Gasteiger partial charge in [-0.1, -0.05) is 46.3 Å². The van der Waals surface area contributed by atoms with Crippen LogP contribution in [-0.4, -0.2) is 0 Å². The molecule has 0 spiro atoms. The highest BCUT2D eigenvalue weighted by Gasteiger charge is 2.08. The summed E-state index contributed by atoms with van der Waals surface area (Å²) in [6.07, 6.45) is 0. The lowest BCUT2D eigenvalue weighted by Gasteiger charge is -2.16. The number of anilines is 1. The average Bonchev–Trinajstić information content (AvgIpc) is 2.41. The molecule has 3 heteroatoms. The highest BCUT2D eigenvalue weighted by atomic mass is 79.9. The van der Waals surface area contributed by atoms with Gasteiger partial charge in [0.25, 0.3) is 0 Å². The van der Waals surface area contributed by atoms with Gasteiger partial charge < -0.3 is 5.32 Å². The Hall–Kier alpha value is -1.79. The van der Waals surface area contributed by atoms with Crippen molar-refractivity contribution in [1.82, 2.24) is 0 Å². The van der Waals surface area contributed by atoms with Gasteiger partial charge in [0.1, 0.15) is 6.07 Å². The summed E-state index contributed by atoms with van der Waals surface area (Å²) < 4.78 is 0.914. The lowest BCUT2D eigenvalue weighted by Crippen LogP contribution is -2.07. The number of nitriles is 1. The molecule has 0 saturated heterocycles. The molecule has 1 unspecified atom stereocenters. The fraction of sp³-hybridized carbons (Fsp3) is 0.133. The molecule has 18 heavy (non-hydrogen) atoms. The maximum Gasteiger partial charge on any atom is 0.101 e. The van der Waals surface area contributed by atoms with Crippen molar-refractivity contribution in [2.24, 2.45) is 0 Å². The zero-order valence-electron chi connectivity index (χ0n) is 10.0. The zero-order chi connectivity index (χ0) is 13.0. The highest BCUT2D eigenvalue weighted by molar-refractivity contribution is 9.10. The quantitative estimate of drug-likeness (QED) is 0.906. The Morgan fingerprint density at radius 2 is 1.89 bits per heavy atom. The Bertz CT molecular complexity index is 573. The maximum atomic E-state index is 9.12. The molecule has 2 nitrogen and oxygen atoms in total. The van der Waals surface area contributed by atoms with Crippen molar-refractivity contribution in [2.45, 2.75) is 13.0 Å². The number of halogens is 1. The van der Waals surface area contributed by atoms with Gasteiger partial charge in [-0.05, 0) is 30.7 Å². The normalized spacial score (nSPS) is 11.6. The Balaban J connectivity index is 2.22. The maximum absolute atomic E-state index is 9.12. The minimum Gasteiger partial charge on any atom is -0.377 e. The topological polar surface area (TPSA) is 35.8 Å². The predicted molar refractivity (Wildman–Crippen MR) is 77.3 cm³/mol. The van der Waals surface area contributed by atoms with Crippen LogP contribution in [0.15, 0.2) is 53.0 Å². The highest BCUT2D eigenvalue weighted by Crippen LogP contribution is 2.24. The van der Waals surface area contributed by atoms with E-state index in [-0.39, 0.29) is 6.04 Å². The summed E-state index contributed by atoms with van der Waals surface area (Å²) >= 11 is 3.37. The first kappa shape index (κ1) is 12.7. The first-order valence-electron chi connectivity index (χ1n) is 5.72. The fourth-order valence-electron chi connectivity index (χ4n) is 1.79. The molecule has 0 aliphatic carbocycles. The van der Waals surface area contributed by atoms with E-state index < -0.39 is 0 Å². The summed E-state index contributed by atoms with van der Waals surface area (Å²) in [6.45, 7) is 2.08. The monoisotopic (exact) mass is 300 g/mol. The molecule has 0 amide bonds. The van der Waals surface area contributed by atoms with Crippen LogP contribution in [0.2, 0.25) is 0 Å². The number of nitrogens with one attached hydrogen (secondary N) is 1. The van der Waals surface area contributed by atoms with Crippen LogP contribution >= 0.6 is 15.9 Å². The first-order chi connectivity index (χ1) is 8.70. The van der Waals surface area contributed by atoms with Crippen molar-refractivity contribution in [3.05, 3.63) is 64.1 Å². The summed E-state index contributed by atoms with van der Waals surface area (Å²) in [7, 11) is 0. The van der Waals surface area contributed by atoms with Crippen molar-refractivity contribution >= 4 is 21.6 Å². The lowest BCUT2D eigenvalue weighted by atomic mass is 10.1. The SMILES string of the molecule is CC(Nc1ccc(Br)cc1C#N)c1ccccc1. The van der Waals surface area contributed by atoms with Gasteiger partial charge in [-0.15, -0.1) is 0 Å². The van der Waals surface area contributed by atoms with E-state index in [0.29, 0.717) is 5.56 Å². The zero-order valence-corrected chi connectivity index (χ0v) is 11.6. The minimum atomic E-state index is 0.166. The van der Waals surface area contributed by atoms with Crippen LogP contribution in [0.25, 0.3) is 0 Å². The molecule has 0 bridgehead atoms. The third kappa shape index (κ3) is 2.91. The summed E-state index contributed by atoms with van der Waals surface area (Å²) in [5.41, 5.74) is 2.70. The fourth-order valence-corrected chi connectivity index (χ4v) is 2.15. The molecule has 0 heterocycles. The molecule has 0 aliphatic rings. The second kappa shape index (κ2) is 5.70. The Kier molecular flexibility index (Phi) is 4.01. The van der Waals surface area contributed by atoms with Crippen LogP contribution in [0, 0.1) is 11.3 Å². The van der Waals surface area contributed by atoms with E-state index in [1.165, 1.54) is 5.56 Å². The second-order valence-electron chi connectivity index (χ2n) is 4.08. The van der Waals surface area contributed by atoms with Crippen LogP contribution < -0.4 is 5.32 Å². The smallest absolute Gasteiger partial charge is 0.101 e. The Morgan fingerprint density at radius 1 is 1.17 bits per heavy atom. The van der Waals surface area contributed by atoms with Gasteiger partial charge in [-0.2, -0.15) is 5.26 Å². The molecule has 0 fully saturated rings. The standard InChI is InChI=1S/C15H13BrN2/c1-11(12-5-3-2-4-6-12)18-15-8-7-14(16)9-13(15)10-17/h2-9,11,18H,1H3. The molecular weight excluding hydrogens is 288 g/mol. The molecule has 2 aromatic rings. The van der Waals surface area contributed by atoms with Crippen molar-refractivity contribution in [2.75, 3.05) is 5.32 Å². The van der Waals surface area contributed by atoms with E-state index in [0.717, 1.165) is 10.2 Å². The first-order valence-corrected chi connectivity index (χ1v) is 6.51. The number of hydrogen-bond acceptors (Lipinski definition) is 2. The van der Waals surface area contributed by atoms with Gasteiger partial charge in [0.2, 0.25) is 0 Å². The van der Waals surface area contributed by atoms with Gasteiger partial charge in [-0.3, -0.25) is 0 Å². The number of rotatable bonds is 3. The van der Waals surface area contributed by atoms with Crippen molar-refractivity contribution in [1.29, 1.82) is 5.26 Å². The lowest BCUT2D eigenvalue weighted by molar-refractivity contribution is 0.884. The van der Waals surface area contributed by atoms with Gasteiger partial charge in [0.05, 0.1) is 11.3 Å². The molecule has 90 valence electrons. The molecule has 0 saturated carbocycles. The van der Waals surface area contributed by atoms with Crippen LogP contribution in [0.3, 0.4) is 0 Å². The summed E-state index contributed by atoms with van der Waals surface area (Å²) in [4.78, 5) is 0. The third-order valence-corrected chi connectivity index (χ3v) is 3.27. The van der Waals surface area contributed by atoms with Crippen molar-refractivity contribution < 1.29 is 0 Å². The summed E-state index contributed by atoms with van der Waals surface area (Å²) in [5, 5.41) is 12.5. The van der Waals surface area contributed by atoms with E-state index >= 15 is 0 Å². The Morgan fingerprint density at radius 3 is 2.56 bits per heavy atom. The largest absolute Gasteiger partial charge is 0.377 e. The van der Waals surface area contributed by atoms with Gasteiger partial charge in [0.15, 0.2) is 0 Å². The van der Waals surface area contributed by atoms with E-state index in [2.05, 4.69) is 46.4 Å². The van der Waals surface area contributed by atoms with Crippen LogP contribution in [-0.2, 0) is 0 Å². The number of nitrogens with zero attached hydrogens (tertiary/aromatic N) is 1. The van der Waals surface area contributed by atoms with E-state index in [1.54, 1.807) is 0 Å². The number of hydrogen-bond donors (Lipinski definition) is 1. The van der Waals surface area contributed by atoms with E-state index in [1.807, 2.05) is 36.4 Å². The second-order valence-corrected chi connectivity index (χ2v) is 4.99. The van der Waals surface area contributed by atoms with Crippen LogP contribution in [0.5, 0.6) is 0 Å². The van der Waals surface area contributed by atoms with Crippen LogP contribution in [0.4, 0.5) is 5.69 Å². The van der Waals surface area contributed by atoms with Crippen molar-refractivity contribution in [3.8, 4) is 6.07 Å². The number of benzene rings is 2. The summed E-state index contributed by atoms with van der Waals surface area (Å²) in [6, 6.07) is 18.2. The van der Waals surface area contributed by atoms with Gasteiger partial charge >= 0.3 is 0 Å². The third-order valence-electron chi connectivity index (χ3n) is 2.77. The summed E-state index contributed by atoms with van der Waals surface area (Å²) in [5.74, 6) is 0. The Labute approximate surface area is 115 Å². The van der Waals surface area contributed by atoms with Gasteiger partial charge in [-0.25, -0.2) is 0 Å². The minimum absolute atomic E-state index is 0.166. The van der Waals surface area contributed by atoms with Crippen molar-refractivity contribution in [3.63, 3.8) is 0 Å². The molecule has 2 rings (SSSR count). The molecular formula is C15H13BrN2. The van der Waals surface area contributed by atoms with E-state index in [9.17, 15) is 0 Å². The molecule has 2 aromatic carbocycles. The predicted octanol–water partition coefficient (Wildman–Crippen LogP) is 4.49. The average molecular weight is 301 g/mol. The molecule has 0 radical (unpaired) electrons. The van der Waals surface area contributed by atoms with E-state index in [4.69, 9.17) is 5.26 Å². The van der Waals surface area contributed by atoms with Crippen LogP contribution in [0.1, 0.15) is 24.1 Å². The molecule has 0 aromatic heterocycles.